The maximum absolute atomic E-state index is 13.1. The molecule has 4 nitrogen and oxygen atoms in total. The lowest BCUT2D eigenvalue weighted by Crippen LogP contribution is -2.39. The van der Waals surface area contributed by atoms with E-state index in [0.717, 1.165) is 35.5 Å². The number of fused-ring (bicyclic) bond motifs is 1. The zero-order valence-corrected chi connectivity index (χ0v) is 17.4. The van der Waals surface area contributed by atoms with E-state index in [9.17, 15) is 4.79 Å². The predicted octanol–water partition coefficient (Wildman–Crippen LogP) is 4.99. The second-order valence-corrected chi connectivity index (χ2v) is 7.96. The first-order chi connectivity index (χ1) is 14.2. The topological polar surface area (TPSA) is 41.6 Å². The third-order valence-corrected chi connectivity index (χ3v) is 6.29. The number of methoxy groups -OCH3 is 1. The van der Waals surface area contributed by atoms with Gasteiger partial charge in [-0.1, -0.05) is 24.3 Å². The van der Waals surface area contributed by atoms with Crippen LogP contribution < -0.4 is 10.1 Å². The van der Waals surface area contributed by atoms with E-state index in [1.54, 1.807) is 24.5 Å². The number of anilines is 1. The molecular formula is C24H24N2O2S. The average Bonchev–Trinajstić information content (AvgIpc) is 3.26. The third kappa shape index (κ3) is 4.05. The normalized spacial score (nSPS) is 15.9. The SMILES string of the molecule is CNc1ccc(C2c3ccsc3CCN2C(=O)/C=C/c2ccc(OC)cc2)cc1. The van der Waals surface area contributed by atoms with Gasteiger partial charge in [0.1, 0.15) is 5.75 Å². The summed E-state index contributed by atoms with van der Waals surface area (Å²) in [5, 5.41) is 5.28. The van der Waals surface area contributed by atoms with Crippen molar-refractivity contribution >= 4 is 29.0 Å². The molecule has 1 N–H and O–H groups in total. The van der Waals surface area contributed by atoms with E-state index in [-0.39, 0.29) is 11.9 Å². The Morgan fingerprint density at radius 3 is 2.59 bits per heavy atom. The number of hydrogen-bond acceptors (Lipinski definition) is 4. The van der Waals surface area contributed by atoms with Crippen molar-refractivity contribution in [3.8, 4) is 5.75 Å². The smallest absolute Gasteiger partial charge is 0.247 e. The van der Waals surface area contributed by atoms with Crippen LogP contribution in [0.3, 0.4) is 0 Å². The summed E-state index contributed by atoms with van der Waals surface area (Å²) >= 11 is 1.78. The Morgan fingerprint density at radius 1 is 1.14 bits per heavy atom. The maximum atomic E-state index is 13.1. The minimum atomic E-state index is -0.0519. The molecule has 0 bridgehead atoms. The van der Waals surface area contributed by atoms with Crippen molar-refractivity contribution in [2.24, 2.45) is 0 Å². The molecule has 1 amide bonds. The molecule has 1 aliphatic rings. The fourth-order valence-corrected chi connectivity index (χ4v) is 4.63. The Balaban J connectivity index is 1.61. The fraction of sp³-hybridized carbons (Fsp3) is 0.208. The second kappa shape index (κ2) is 8.53. The minimum absolute atomic E-state index is 0.0281. The zero-order chi connectivity index (χ0) is 20.2. The van der Waals surface area contributed by atoms with E-state index >= 15 is 0 Å². The van der Waals surface area contributed by atoms with Crippen LogP contribution in [-0.4, -0.2) is 31.5 Å². The van der Waals surface area contributed by atoms with E-state index in [0.29, 0.717) is 0 Å². The number of carbonyl (C=O) groups is 1. The minimum Gasteiger partial charge on any atom is -0.497 e. The lowest BCUT2D eigenvalue weighted by Gasteiger charge is -2.35. The van der Waals surface area contributed by atoms with Gasteiger partial charge in [-0.05, 0) is 64.9 Å². The van der Waals surface area contributed by atoms with Crippen LogP contribution in [0.5, 0.6) is 5.75 Å². The fourth-order valence-electron chi connectivity index (χ4n) is 3.72. The van der Waals surface area contributed by atoms with Crippen LogP contribution in [-0.2, 0) is 11.2 Å². The number of rotatable bonds is 5. The highest BCUT2D eigenvalue weighted by Gasteiger charge is 2.31. The van der Waals surface area contributed by atoms with Crippen LogP contribution in [0.2, 0.25) is 0 Å². The largest absolute Gasteiger partial charge is 0.497 e. The number of amides is 1. The van der Waals surface area contributed by atoms with Crippen LogP contribution in [0.4, 0.5) is 5.69 Å². The van der Waals surface area contributed by atoms with Gasteiger partial charge in [-0.3, -0.25) is 4.79 Å². The molecule has 0 spiro atoms. The van der Waals surface area contributed by atoms with Gasteiger partial charge in [-0.25, -0.2) is 0 Å². The quantitative estimate of drug-likeness (QED) is 0.610. The molecule has 0 aliphatic carbocycles. The highest BCUT2D eigenvalue weighted by atomic mass is 32.1. The van der Waals surface area contributed by atoms with Gasteiger partial charge in [0.25, 0.3) is 0 Å². The standard InChI is InChI=1S/C24H24N2O2S/c1-25-19-8-6-18(7-9-19)24-21-14-16-29-22(21)13-15-26(24)23(27)12-5-17-3-10-20(28-2)11-4-17/h3-12,14,16,24-25H,13,15H2,1-2H3/b12-5+. The van der Waals surface area contributed by atoms with Gasteiger partial charge in [-0.15, -0.1) is 11.3 Å². The monoisotopic (exact) mass is 404 g/mol. The molecule has 4 rings (SSSR count). The first-order valence-electron chi connectivity index (χ1n) is 9.66. The van der Waals surface area contributed by atoms with Crippen LogP contribution in [0.25, 0.3) is 6.08 Å². The molecule has 3 aromatic rings. The van der Waals surface area contributed by atoms with Crippen molar-refractivity contribution in [1.29, 1.82) is 0 Å². The van der Waals surface area contributed by atoms with Crippen LogP contribution >= 0.6 is 11.3 Å². The average molecular weight is 405 g/mol. The van der Waals surface area contributed by atoms with Gasteiger partial charge in [0.15, 0.2) is 0 Å². The molecule has 0 saturated heterocycles. The summed E-state index contributed by atoms with van der Waals surface area (Å²) in [4.78, 5) is 16.5. The molecule has 148 valence electrons. The lowest BCUT2D eigenvalue weighted by molar-refractivity contribution is -0.127. The van der Waals surface area contributed by atoms with Crippen molar-refractivity contribution in [2.75, 3.05) is 26.0 Å². The number of thiophene rings is 1. The van der Waals surface area contributed by atoms with Crippen LogP contribution in [0.1, 0.15) is 27.6 Å². The van der Waals surface area contributed by atoms with Crippen LogP contribution in [0.15, 0.2) is 66.1 Å². The molecule has 2 aromatic carbocycles. The van der Waals surface area contributed by atoms with Crippen molar-refractivity contribution in [3.05, 3.63) is 87.6 Å². The molecule has 2 heterocycles. The van der Waals surface area contributed by atoms with Crippen molar-refractivity contribution in [2.45, 2.75) is 12.5 Å². The molecule has 1 aliphatic heterocycles. The highest BCUT2D eigenvalue weighted by molar-refractivity contribution is 7.10. The van der Waals surface area contributed by atoms with Gasteiger partial charge >= 0.3 is 0 Å². The van der Waals surface area contributed by atoms with E-state index < -0.39 is 0 Å². The number of hydrogen-bond donors (Lipinski definition) is 1. The Kier molecular flexibility index (Phi) is 5.67. The summed E-state index contributed by atoms with van der Waals surface area (Å²) in [7, 11) is 3.55. The Bertz CT molecular complexity index is 1010. The van der Waals surface area contributed by atoms with Crippen molar-refractivity contribution in [3.63, 3.8) is 0 Å². The zero-order valence-electron chi connectivity index (χ0n) is 16.6. The van der Waals surface area contributed by atoms with Gasteiger partial charge < -0.3 is 15.0 Å². The summed E-state index contributed by atoms with van der Waals surface area (Å²) < 4.78 is 5.19. The van der Waals surface area contributed by atoms with Crippen molar-refractivity contribution in [1.82, 2.24) is 4.90 Å². The summed E-state index contributed by atoms with van der Waals surface area (Å²) in [5.74, 6) is 0.833. The lowest BCUT2D eigenvalue weighted by atomic mass is 9.93. The van der Waals surface area contributed by atoms with Gasteiger partial charge in [0.2, 0.25) is 5.91 Å². The second-order valence-electron chi connectivity index (χ2n) is 6.96. The molecule has 0 saturated carbocycles. The number of carbonyl (C=O) groups excluding carboxylic acids is 1. The maximum Gasteiger partial charge on any atom is 0.247 e. The molecule has 29 heavy (non-hydrogen) atoms. The molecular weight excluding hydrogens is 380 g/mol. The van der Waals surface area contributed by atoms with Gasteiger partial charge in [0, 0.05) is 30.2 Å². The molecule has 1 aromatic heterocycles. The number of benzene rings is 2. The first kappa shape index (κ1) is 19.3. The number of nitrogens with zero attached hydrogens (tertiary/aromatic N) is 1. The highest BCUT2D eigenvalue weighted by Crippen LogP contribution is 2.38. The van der Waals surface area contributed by atoms with E-state index in [2.05, 4.69) is 41.0 Å². The number of nitrogens with one attached hydrogen (secondary N) is 1. The van der Waals surface area contributed by atoms with E-state index in [4.69, 9.17) is 4.74 Å². The molecule has 0 radical (unpaired) electrons. The van der Waals surface area contributed by atoms with E-state index in [1.165, 1.54) is 10.4 Å². The van der Waals surface area contributed by atoms with Crippen molar-refractivity contribution < 1.29 is 9.53 Å². The molecule has 0 fully saturated rings. The Hall–Kier alpha value is -3.05. The third-order valence-electron chi connectivity index (χ3n) is 5.30. The first-order valence-corrected chi connectivity index (χ1v) is 10.5. The summed E-state index contributed by atoms with van der Waals surface area (Å²) in [5.41, 5.74) is 4.41. The predicted molar refractivity (Wildman–Crippen MR) is 120 cm³/mol. The summed E-state index contributed by atoms with van der Waals surface area (Å²) in [6.45, 7) is 0.720. The Labute approximate surface area is 175 Å². The van der Waals surface area contributed by atoms with E-state index in [1.807, 2.05) is 42.3 Å². The number of ether oxygens (including phenoxy) is 1. The summed E-state index contributed by atoms with van der Waals surface area (Å²) in [6.07, 6.45) is 4.44. The summed E-state index contributed by atoms with van der Waals surface area (Å²) in [6, 6.07) is 18.1. The van der Waals surface area contributed by atoms with Gasteiger partial charge in [-0.2, -0.15) is 0 Å². The molecule has 5 heteroatoms. The van der Waals surface area contributed by atoms with Gasteiger partial charge in [0.05, 0.1) is 13.2 Å². The molecule has 1 unspecified atom stereocenters. The van der Waals surface area contributed by atoms with Crippen LogP contribution in [0, 0.1) is 0 Å². The molecule has 1 atom stereocenters. The Morgan fingerprint density at radius 2 is 1.90 bits per heavy atom.